The zero-order chi connectivity index (χ0) is 10.1. The van der Waals surface area contributed by atoms with Crippen molar-refractivity contribution in [3.05, 3.63) is 47.3 Å². The Morgan fingerprint density at radius 2 is 2.36 bits per heavy atom. The molecule has 1 aromatic carbocycles. The van der Waals surface area contributed by atoms with Gasteiger partial charge >= 0.3 is 0 Å². The maximum Gasteiger partial charge on any atom is 0.126 e. The van der Waals surface area contributed by atoms with Crippen LogP contribution in [0.2, 0.25) is 0 Å². The smallest absolute Gasteiger partial charge is 0.126 e. The van der Waals surface area contributed by atoms with Crippen LogP contribution in [0.4, 0.5) is 4.39 Å². The molecule has 0 bridgehead atoms. The Balaban J connectivity index is 2.58. The highest BCUT2D eigenvalue weighted by Crippen LogP contribution is 2.28. The number of hydrogen-bond donors (Lipinski definition) is 1. The summed E-state index contributed by atoms with van der Waals surface area (Å²) in [6, 6.07) is 3.55. The van der Waals surface area contributed by atoms with Crippen molar-refractivity contribution >= 4 is 0 Å². The van der Waals surface area contributed by atoms with E-state index in [2.05, 4.69) is 11.9 Å². The standard InChI is InChI=1S/C12H14FN/c1-3-11-12-8(2)10(13)5-4-9(12)6-7-14-11/h3-5,11,14H,1,6-7H2,2H3. The van der Waals surface area contributed by atoms with Gasteiger partial charge in [0.1, 0.15) is 5.82 Å². The first-order valence-electron chi connectivity index (χ1n) is 4.88. The molecule has 2 heteroatoms. The van der Waals surface area contributed by atoms with Gasteiger partial charge in [0.15, 0.2) is 0 Å². The lowest BCUT2D eigenvalue weighted by Gasteiger charge is -2.26. The van der Waals surface area contributed by atoms with Crippen molar-refractivity contribution in [3.8, 4) is 0 Å². The monoisotopic (exact) mass is 191 g/mol. The third-order valence-corrected chi connectivity index (χ3v) is 2.84. The van der Waals surface area contributed by atoms with Gasteiger partial charge < -0.3 is 5.32 Å². The van der Waals surface area contributed by atoms with Crippen molar-refractivity contribution in [3.63, 3.8) is 0 Å². The normalized spacial score (nSPS) is 20.3. The summed E-state index contributed by atoms with van der Waals surface area (Å²) in [5.74, 6) is -0.126. The molecule has 74 valence electrons. The number of benzene rings is 1. The fourth-order valence-electron chi connectivity index (χ4n) is 2.07. The molecule has 0 spiro atoms. The Hall–Kier alpha value is -1.15. The van der Waals surface area contributed by atoms with Gasteiger partial charge in [0.25, 0.3) is 0 Å². The van der Waals surface area contributed by atoms with Gasteiger partial charge in [0, 0.05) is 6.54 Å². The summed E-state index contributed by atoms with van der Waals surface area (Å²) in [6.45, 7) is 6.54. The minimum Gasteiger partial charge on any atom is -0.306 e. The summed E-state index contributed by atoms with van der Waals surface area (Å²) >= 11 is 0. The topological polar surface area (TPSA) is 12.0 Å². The van der Waals surface area contributed by atoms with Crippen LogP contribution in [0, 0.1) is 12.7 Å². The second-order valence-electron chi connectivity index (χ2n) is 3.66. The molecule has 0 aromatic heterocycles. The van der Waals surface area contributed by atoms with E-state index in [4.69, 9.17) is 0 Å². The van der Waals surface area contributed by atoms with Crippen LogP contribution in [-0.2, 0) is 6.42 Å². The van der Waals surface area contributed by atoms with Crippen LogP contribution in [0.1, 0.15) is 22.7 Å². The van der Waals surface area contributed by atoms with E-state index in [0.29, 0.717) is 0 Å². The largest absolute Gasteiger partial charge is 0.306 e. The maximum atomic E-state index is 13.4. The molecule has 1 aliphatic heterocycles. The molecule has 1 atom stereocenters. The van der Waals surface area contributed by atoms with Crippen LogP contribution in [0.15, 0.2) is 24.8 Å². The van der Waals surface area contributed by atoms with Crippen LogP contribution in [0.25, 0.3) is 0 Å². The molecule has 1 aromatic rings. The van der Waals surface area contributed by atoms with Gasteiger partial charge in [0.05, 0.1) is 6.04 Å². The third-order valence-electron chi connectivity index (χ3n) is 2.84. The first-order chi connectivity index (χ1) is 6.74. The van der Waals surface area contributed by atoms with E-state index in [1.807, 2.05) is 19.1 Å². The number of rotatable bonds is 1. The molecular weight excluding hydrogens is 177 g/mol. The molecule has 0 amide bonds. The molecule has 0 saturated heterocycles. The fraction of sp³-hybridized carbons (Fsp3) is 0.333. The average molecular weight is 191 g/mol. The lowest BCUT2D eigenvalue weighted by Crippen LogP contribution is -2.29. The first kappa shape index (κ1) is 9.41. The molecular formula is C12H14FN. The minimum absolute atomic E-state index is 0.106. The molecule has 0 aliphatic carbocycles. The predicted octanol–water partition coefficient (Wildman–Crippen LogP) is 2.51. The minimum atomic E-state index is -0.126. The molecule has 1 N–H and O–H groups in total. The van der Waals surface area contributed by atoms with Gasteiger partial charge in [-0.15, -0.1) is 6.58 Å². The Morgan fingerprint density at radius 3 is 3.07 bits per heavy atom. The first-order valence-corrected chi connectivity index (χ1v) is 4.88. The van der Waals surface area contributed by atoms with Crippen LogP contribution >= 0.6 is 0 Å². The molecule has 0 fully saturated rings. The quantitative estimate of drug-likeness (QED) is 0.672. The van der Waals surface area contributed by atoms with E-state index >= 15 is 0 Å². The molecule has 1 aliphatic rings. The lowest BCUT2D eigenvalue weighted by molar-refractivity contribution is 0.559. The van der Waals surface area contributed by atoms with Gasteiger partial charge in [-0.1, -0.05) is 12.1 Å². The van der Waals surface area contributed by atoms with Crippen molar-refractivity contribution in [2.45, 2.75) is 19.4 Å². The second-order valence-corrected chi connectivity index (χ2v) is 3.66. The zero-order valence-electron chi connectivity index (χ0n) is 8.31. The van der Waals surface area contributed by atoms with Gasteiger partial charge in [-0.3, -0.25) is 0 Å². The van der Waals surface area contributed by atoms with Crippen LogP contribution in [0.3, 0.4) is 0 Å². The Morgan fingerprint density at radius 1 is 1.57 bits per heavy atom. The van der Waals surface area contributed by atoms with Crippen molar-refractivity contribution in [2.75, 3.05) is 6.54 Å². The summed E-state index contributed by atoms with van der Waals surface area (Å²) in [6.07, 6.45) is 2.81. The van der Waals surface area contributed by atoms with Crippen molar-refractivity contribution in [1.29, 1.82) is 0 Å². The average Bonchev–Trinajstić information content (AvgIpc) is 2.23. The summed E-state index contributed by atoms with van der Waals surface area (Å²) in [5.41, 5.74) is 3.07. The van der Waals surface area contributed by atoms with E-state index in [1.165, 1.54) is 5.56 Å². The Kier molecular flexibility index (Phi) is 2.38. The number of hydrogen-bond acceptors (Lipinski definition) is 1. The Labute approximate surface area is 83.6 Å². The van der Waals surface area contributed by atoms with E-state index in [9.17, 15) is 4.39 Å². The Bertz CT molecular complexity index is 371. The summed E-state index contributed by atoms with van der Waals surface area (Å²) in [4.78, 5) is 0. The number of fused-ring (bicyclic) bond motifs is 1. The highest BCUT2D eigenvalue weighted by atomic mass is 19.1. The van der Waals surface area contributed by atoms with Crippen LogP contribution in [-0.4, -0.2) is 6.54 Å². The van der Waals surface area contributed by atoms with E-state index in [0.717, 1.165) is 24.1 Å². The SMILES string of the molecule is C=CC1NCCc2ccc(F)c(C)c21. The fourth-order valence-corrected chi connectivity index (χ4v) is 2.07. The summed E-state index contributed by atoms with van der Waals surface area (Å²) in [5, 5.41) is 3.31. The van der Waals surface area contributed by atoms with Crippen molar-refractivity contribution < 1.29 is 4.39 Å². The van der Waals surface area contributed by atoms with E-state index < -0.39 is 0 Å². The third kappa shape index (κ3) is 1.36. The molecule has 1 nitrogen and oxygen atoms in total. The van der Waals surface area contributed by atoms with Gasteiger partial charge in [-0.05, 0) is 36.1 Å². The molecule has 1 unspecified atom stereocenters. The highest BCUT2D eigenvalue weighted by molar-refractivity contribution is 5.41. The molecule has 0 saturated carbocycles. The van der Waals surface area contributed by atoms with E-state index in [1.54, 1.807) is 6.07 Å². The van der Waals surface area contributed by atoms with Crippen LogP contribution in [0.5, 0.6) is 0 Å². The molecule has 14 heavy (non-hydrogen) atoms. The zero-order valence-corrected chi connectivity index (χ0v) is 8.31. The summed E-state index contributed by atoms with van der Waals surface area (Å²) in [7, 11) is 0. The molecule has 1 heterocycles. The molecule has 0 radical (unpaired) electrons. The number of halogens is 1. The maximum absolute atomic E-state index is 13.4. The number of nitrogens with one attached hydrogen (secondary N) is 1. The van der Waals surface area contributed by atoms with Gasteiger partial charge in [0.2, 0.25) is 0 Å². The van der Waals surface area contributed by atoms with Crippen molar-refractivity contribution in [1.82, 2.24) is 5.32 Å². The molecule has 2 rings (SSSR count). The van der Waals surface area contributed by atoms with Gasteiger partial charge in [-0.2, -0.15) is 0 Å². The lowest BCUT2D eigenvalue weighted by atomic mass is 9.90. The second kappa shape index (κ2) is 3.54. The summed E-state index contributed by atoms with van der Waals surface area (Å²) < 4.78 is 13.4. The van der Waals surface area contributed by atoms with Gasteiger partial charge in [-0.25, -0.2) is 4.39 Å². The van der Waals surface area contributed by atoms with Crippen LogP contribution < -0.4 is 5.32 Å². The van der Waals surface area contributed by atoms with Crippen molar-refractivity contribution in [2.24, 2.45) is 0 Å². The highest BCUT2D eigenvalue weighted by Gasteiger charge is 2.20. The predicted molar refractivity (Wildman–Crippen MR) is 55.8 cm³/mol. The van der Waals surface area contributed by atoms with E-state index in [-0.39, 0.29) is 11.9 Å².